The number of nitrogens with zero attached hydrogens (tertiary/aromatic N) is 1. The number of ketones is 1. The van der Waals surface area contributed by atoms with Crippen LogP contribution in [-0.2, 0) is 4.79 Å². The number of rotatable bonds is 0. The van der Waals surface area contributed by atoms with Crippen LogP contribution < -0.4 is 51.4 Å². The Kier molecular flexibility index (Phi) is 5.30. The minimum absolute atomic E-state index is 0. The molecule has 0 aromatic carbocycles. The smallest absolute Gasteiger partial charge is 0.454 e. The Morgan fingerprint density at radius 3 is 2.78 bits per heavy atom. The topological polar surface area (TPSA) is 29.4 Å². The normalized spacial score (nSPS) is 16.6. The molecule has 1 heterocycles. The van der Waals surface area contributed by atoms with E-state index in [1.165, 1.54) is 6.20 Å². The monoisotopic (exact) mass is 167 g/mol. The van der Waals surface area contributed by atoms with Gasteiger partial charge in [0, 0.05) is 6.42 Å². The van der Waals surface area contributed by atoms with E-state index in [-0.39, 0.29) is 63.6 Å². The fraction of sp³-hybridized carbons (Fsp3) is 0.200. The van der Waals surface area contributed by atoms with Crippen LogP contribution in [0.5, 0.6) is 0 Å². The molecule has 0 radical (unpaired) electrons. The first-order valence-electron chi connectivity index (χ1n) is 2.12. The summed E-state index contributed by atoms with van der Waals surface area (Å²) in [6.07, 6.45) is 3.91. The molecule has 0 aromatic heterocycles. The van der Waals surface area contributed by atoms with Crippen molar-refractivity contribution in [2.45, 2.75) is 6.42 Å². The summed E-state index contributed by atoms with van der Waals surface area (Å²) in [4.78, 5) is 13.8. The molecule has 0 N–H and O–H groups in total. The summed E-state index contributed by atoms with van der Waals surface area (Å²) >= 11 is 5.42. The van der Waals surface area contributed by atoms with Crippen LogP contribution in [-0.4, -0.2) is 12.0 Å². The van der Waals surface area contributed by atoms with Crippen LogP contribution in [0.2, 0.25) is 0 Å². The summed E-state index contributed by atoms with van der Waals surface area (Å²) in [5.41, 5.74) is 0. The third-order valence-electron chi connectivity index (χ3n) is 0.723. The minimum Gasteiger partial charge on any atom is -0.454 e. The maximum absolute atomic E-state index is 10.3. The Hall–Kier alpha value is 1.01. The van der Waals surface area contributed by atoms with E-state index in [1.54, 1.807) is 0 Å². The van der Waals surface area contributed by atoms with Crippen molar-refractivity contribution in [1.29, 1.82) is 0 Å². The second-order valence-corrected chi connectivity index (χ2v) is 1.90. The number of hydrogen-bond donors (Lipinski definition) is 0. The molecule has 1 aliphatic heterocycles. The van der Waals surface area contributed by atoms with Crippen molar-refractivity contribution < 1.29 is 56.2 Å². The largest absolute Gasteiger partial charge is 1.00 e. The van der Waals surface area contributed by atoms with Gasteiger partial charge in [-0.25, -0.2) is 0 Å². The second-order valence-electron chi connectivity index (χ2n) is 1.42. The van der Waals surface area contributed by atoms with E-state index >= 15 is 0 Å². The Morgan fingerprint density at radius 1 is 1.78 bits per heavy atom. The fourth-order valence-corrected chi connectivity index (χ4v) is 0.583. The molecule has 0 saturated carbocycles. The van der Waals surface area contributed by atoms with E-state index in [4.69, 9.17) is 11.6 Å². The molecular weight excluding hydrogens is 165 g/mol. The Labute approximate surface area is 101 Å². The Morgan fingerprint density at radius 2 is 2.44 bits per heavy atom. The van der Waals surface area contributed by atoms with E-state index in [0.717, 1.165) is 0 Å². The van der Waals surface area contributed by atoms with Gasteiger partial charge in [-0.3, -0.25) is 0 Å². The molecule has 0 unspecified atom stereocenters. The fourth-order valence-electron chi connectivity index (χ4n) is 0.413. The van der Waals surface area contributed by atoms with E-state index in [0.29, 0.717) is 5.03 Å². The molecule has 2 nitrogen and oxygen atoms in total. The van der Waals surface area contributed by atoms with E-state index in [1.807, 2.05) is 0 Å². The van der Waals surface area contributed by atoms with E-state index < -0.39 is 0 Å². The number of aliphatic imine (C=N–C) groups is 1. The summed E-state index contributed by atoms with van der Waals surface area (Å²) in [5.74, 6) is -0.155. The van der Waals surface area contributed by atoms with Gasteiger partial charge in [0.1, 0.15) is 0 Å². The third-order valence-corrected chi connectivity index (χ3v) is 0.955. The molecule has 0 amide bonds. The summed E-state index contributed by atoms with van der Waals surface area (Å²) in [6.45, 7) is 0. The molecule has 0 spiro atoms. The van der Waals surface area contributed by atoms with Crippen molar-refractivity contribution in [1.82, 2.24) is 0 Å². The number of allylic oxidation sites excluding steroid dienone is 1. The van der Waals surface area contributed by atoms with E-state index in [9.17, 15) is 4.79 Å². The molecule has 1 rings (SSSR count). The van der Waals surface area contributed by atoms with E-state index in [2.05, 4.69) is 11.2 Å². The van der Waals surface area contributed by atoms with Crippen molar-refractivity contribution in [2.24, 2.45) is 4.99 Å². The minimum atomic E-state index is -0.155. The molecule has 0 aromatic rings. The van der Waals surface area contributed by atoms with Gasteiger partial charge in [0.15, 0.2) is 0 Å². The summed E-state index contributed by atoms with van der Waals surface area (Å²) < 4.78 is 0. The zero-order chi connectivity index (χ0) is 5.98. The average molecular weight is 168 g/mol. The average Bonchev–Trinajstić information content (AvgIpc) is 1.64. The first-order valence-corrected chi connectivity index (χ1v) is 2.50. The predicted molar refractivity (Wildman–Crippen MR) is 31.0 cm³/mol. The molecule has 42 valence electrons. The van der Waals surface area contributed by atoms with Crippen molar-refractivity contribution in [3.63, 3.8) is 0 Å². The maximum Gasteiger partial charge on any atom is 1.00 e. The van der Waals surface area contributed by atoms with Crippen LogP contribution in [0.15, 0.2) is 16.2 Å². The SMILES string of the molecule is O=C1[C-]=NC=C(Cl)C1.[K+]. The third kappa shape index (κ3) is 3.65. The Bertz CT molecular complexity index is 176. The molecule has 4 heteroatoms. The summed E-state index contributed by atoms with van der Waals surface area (Å²) in [6, 6.07) is 0. The van der Waals surface area contributed by atoms with Crippen LogP contribution in [0.3, 0.4) is 0 Å². The van der Waals surface area contributed by atoms with Crippen LogP contribution in [0, 0.1) is 0 Å². The number of hydrogen-bond acceptors (Lipinski definition) is 2. The van der Waals surface area contributed by atoms with Gasteiger partial charge < -0.3 is 9.79 Å². The van der Waals surface area contributed by atoms with Gasteiger partial charge in [-0.05, 0) is 5.03 Å². The first-order chi connectivity index (χ1) is 3.79. The zero-order valence-corrected chi connectivity index (χ0v) is 8.90. The first kappa shape index (κ1) is 10.0. The van der Waals surface area contributed by atoms with Crippen molar-refractivity contribution in [3.05, 3.63) is 11.2 Å². The number of carbonyl (C=O) groups excluding carboxylic acids is 1. The number of halogens is 1. The van der Waals surface area contributed by atoms with Crippen molar-refractivity contribution in [3.8, 4) is 0 Å². The van der Waals surface area contributed by atoms with Crippen molar-refractivity contribution >= 4 is 23.6 Å². The Balaban J connectivity index is 0.000000640. The van der Waals surface area contributed by atoms with Gasteiger partial charge >= 0.3 is 51.4 Å². The second kappa shape index (κ2) is 4.77. The quantitative estimate of drug-likeness (QED) is 0.303. The van der Waals surface area contributed by atoms with Gasteiger partial charge in [-0.15, -0.1) is 24.0 Å². The molecule has 9 heavy (non-hydrogen) atoms. The maximum atomic E-state index is 10.3. The molecule has 0 atom stereocenters. The molecular formula is C5H3ClKNO. The van der Waals surface area contributed by atoms with Gasteiger partial charge in [0.2, 0.25) is 0 Å². The summed E-state index contributed by atoms with van der Waals surface area (Å²) in [5, 5.41) is 0.480. The zero-order valence-electron chi connectivity index (χ0n) is 5.02. The number of Topliss-reactive ketones (excluding diaryl/α,β-unsaturated/α-hetero) is 1. The van der Waals surface area contributed by atoms with Gasteiger partial charge in [-0.2, -0.15) is 0 Å². The molecule has 0 bridgehead atoms. The summed E-state index contributed by atoms with van der Waals surface area (Å²) in [7, 11) is 0. The molecule has 0 aliphatic carbocycles. The van der Waals surface area contributed by atoms with Gasteiger partial charge in [0.25, 0.3) is 0 Å². The standard InChI is InChI=1S/C5H3ClNO.K/c6-4-1-5(8)3-7-2-4;/h2H,1H2;/q-1;+1. The van der Waals surface area contributed by atoms with Crippen LogP contribution in [0.25, 0.3) is 0 Å². The predicted octanol–water partition coefficient (Wildman–Crippen LogP) is -2.01. The molecule has 1 aliphatic rings. The molecule has 0 fully saturated rings. The number of carbonyl (C=O) groups is 1. The van der Waals surface area contributed by atoms with Gasteiger partial charge in [0.05, 0.1) is 5.78 Å². The molecule has 0 saturated heterocycles. The van der Waals surface area contributed by atoms with Gasteiger partial charge in [-0.1, -0.05) is 0 Å². The van der Waals surface area contributed by atoms with Crippen LogP contribution >= 0.6 is 11.6 Å². The van der Waals surface area contributed by atoms with Crippen molar-refractivity contribution in [2.75, 3.05) is 0 Å². The van der Waals surface area contributed by atoms with Crippen LogP contribution in [0.4, 0.5) is 0 Å². The van der Waals surface area contributed by atoms with Crippen LogP contribution in [0.1, 0.15) is 6.42 Å².